The molecule has 0 radical (unpaired) electrons. The standard InChI is InChI=1S/C33H37N5O5/c1-33(2,3)43-32(41)36-18-15-26(21-36)38-29-28(14-13-27(35-29)30(39)34-24-16-19-42-20-17-24)37(31(38)40)25-11-9-23(10-12-25)22-7-5-4-6-8-22/h4-14,24,26H,15-21H2,1-3H3,(H,34,39). The molecule has 10 nitrogen and oxygen atoms in total. The predicted octanol–water partition coefficient (Wildman–Crippen LogP) is 4.94. The number of carbonyl (C=O) groups excluding carboxylic acids is 2. The van der Waals surface area contributed by atoms with E-state index in [9.17, 15) is 14.4 Å². The van der Waals surface area contributed by atoms with Gasteiger partial charge in [-0.25, -0.2) is 14.6 Å². The minimum Gasteiger partial charge on any atom is -0.444 e. The molecular weight excluding hydrogens is 546 g/mol. The van der Waals surface area contributed by atoms with Gasteiger partial charge in [-0.1, -0.05) is 42.5 Å². The molecule has 2 fully saturated rings. The number of benzene rings is 2. The Kier molecular flexibility index (Phi) is 7.79. The zero-order chi connectivity index (χ0) is 30.1. The summed E-state index contributed by atoms with van der Waals surface area (Å²) in [6.07, 6.45) is 1.64. The Morgan fingerprint density at radius 2 is 1.63 bits per heavy atom. The lowest BCUT2D eigenvalue weighted by molar-refractivity contribution is 0.0289. The molecule has 2 aromatic carbocycles. The smallest absolute Gasteiger partial charge is 0.410 e. The molecule has 224 valence electrons. The van der Waals surface area contributed by atoms with E-state index in [0.717, 1.165) is 24.0 Å². The second kappa shape index (κ2) is 11.7. The average molecular weight is 584 g/mol. The van der Waals surface area contributed by atoms with Crippen LogP contribution in [0, 0.1) is 0 Å². The first-order valence-corrected chi connectivity index (χ1v) is 14.8. The summed E-state index contributed by atoms with van der Waals surface area (Å²) in [5.41, 5.74) is 3.16. The molecule has 2 aromatic heterocycles. The Hall–Kier alpha value is -4.44. The van der Waals surface area contributed by atoms with Crippen LogP contribution in [-0.4, -0.2) is 69.0 Å². The SMILES string of the molecule is CC(C)(C)OC(=O)N1CCC(n2c(=O)n(-c3ccc(-c4ccccc4)cc3)c3ccc(C(=O)NC4CCOCC4)nc32)C1. The molecule has 0 aliphatic carbocycles. The summed E-state index contributed by atoms with van der Waals surface area (Å²) >= 11 is 0. The van der Waals surface area contributed by atoms with Crippen molar-refractivity contribution in [3.8, 4) is 16.8 Å². The van der Waals surface area contributed by atoms with Gasteiger partial charge in [-0.15, -0.1) is 0 Å². The van der Waals surface area contributed by atoms with E-state index in [1.165, 1.54) is 0 Å². The van der Waals surface area contributed by atoms with E-state index < -0.39 is 11.7 Å². The molecule has 1 unspecified atom stereocenters. The molecule has 0 spiro atoms. The summed E-state index contributed by atoms with van der Waals surface area (Å²) in [4.78, 5) is 46.6. The third kappa shape index (κ3) is 6.06. The van der Waals surface area contributed by atoms with Crippen molar-refractivity contribution in [2.45, 2.75) is 57.7 Å². The lowest BCUT2D eigenvalue weighted by Gasteiger charge is -2.24. The third-order valence-corrected chi connectivity index (χ3v) is 7.92. The number of aromatic nitrogens is 3. The number of carbonyl (C=O) groups is 2. The van der Waals surface area contributed by atoms with Crippen molar-refractivity contribution in [2.75, 3.05) is 26.3 Å². The zero-order valence-corrected chi connectivity index (χ0v) is 24.8. The van der Waals surface area contributed by atoms with Crippen molar-refractivity contribution >= 4 is 23.2 Å². The van der Waals surface area contributed by atoms with Gasteiger partial charge in [0, 0.05) is 32.3 Å². The fraction of sp³-hybridized carbons (Fsp3) is 0.394. The molecule has 4 heterocycles. The number of nitrogens with zero attached hydrogens (tertiary/aromatic N) is 4. The number of pyridine rings is 1. The van der Waals surface area contributed by atoms with Crippen LogP contribution >= 0.6 is 0 Å². The number of rotatable bonds is 5. The van der Waals surface area contributed by atoms with E-state index in [-0.39, 0.29) is 29.4 Å². The number of imidazole rings is 1. The molecule has 2 aliphatic heterocycles. The minimum absolute atomic E-state index is 0.0193. The summed E-state index contributed by atoms with van der Waals surface area (Å²) < 4.78 is 14.3. The maximum Gasteiger partial charge on any atom is 0.410 e. The highest BCUT2D eigenvalue weighted by molar-refractivity contribution is 5.94. The van der Waals surface area contributed by atoms with Crippen molar-refractivity contribution in [3.05, 3.63) is 82.9 Å². The van der Waals surface area contributed by atoms with Crippen molar-refractivity contribution in [2.24, 2.45) is 0 Å². The maximum atomic E-state index is 14.2. The molecule has 2 amide bonds. The van der Waals surface area contributed by atoms with Crippen LogP contribution < -0.4 is 11.0 Å². The number of fused-ring (bicyclic) bond motifs is 1. The third-order valence-electron chi connectivity index (χ3n) is 7.92. The van der Waals surface area contributed by atoms with Gasteiger partial charge in [0.05, 0.1) is 17.2 Å². The second-order valence-corrected chi connectivity index (χ2v) is 12.2. The van der Waals surface area contributed by atoms with Gasteiger partial charge >= 0.3 is 11.8 Å². The molecule has 1 N–H and O–H groups in total. The Balaban J connectivity index is 1.38. The number of hydrogen-bond donors (Lipinski definition) is 1. The first-order valence-electron chi connectivity index (χ1n) is 14.8. The molecule has 4 aromatic rings. The van der Waals surface area contributed by atoms with Crippen LogP contribution in [-0.2, 0) is 9.47 Å². The summed E-state index contributed by atoms with van der Waals surface area (Å²) in [5, 5.41) is 3.06. The fourth-order valence-electron chi connectivity index (χ4n) is 5.78. The highest BCUT2D eigenvalue weighted by atomic mass is 16.6. The Morgan fingerprint density at radius 3 is 2.33 bits per heavy atom. The topological polar surface area (TPSA) is 108 Å². The maximum absolute atomic E-state index is 14.2. The van der Waals surface area contributed by atoms with Crippen molar-refractivity contribution < 1.29 is 19.1 Å². The lowest BCUT2D eigenvalue weighted by atomic mass is 10.1. The van der Waals surface area contributed by atoms with Gasteiger partial charge in [-0.3, -0.25) is 13.9 Å². The van der Waals surface area contributed by atoms with Crippen LogP contribution in [0.4, 0.5) is 4.79 Å². The van der Waals surface area contributed by atoms with Crippen molar-refractivity contribution in [3.63, 3.8) is 0 Å². The highest BCUT2D eigenvalue weighted by Crippen LogP contribution is 2.28. The van der Waals surface area contributed by atoms with Gasteiger partial charge in [0.15, 0.2) is 5.65 Å². The molecule has 43 heavy (non-hydrogen) atoms. The van der Waals surface area contributed by atoms with Crippen molar-refractivity contribution in [1.82, 2.24) is 24.3 Å². The first-order chi connectivity index (χ1) is 20.7. The largest absolute Gasteiger partial charge is 0.444 e. The molecule has 2 aliphatic rings. The van der Waals surface area contributed by atoms with Gasteiger partial charge in [0.2, 0.25) is 0 Å². The summed E-state index contributed by atoms with van der Waals surface area (Å²) in [6.45, 7) is 7.47. The summed E-state index contributed by atoms with van der Waals surface area (Å²) in [6, 6.07) is 21.0. The van der Waals surface area contributed by atoms with E-state index in [0.29, 0.717) is 49.6 Å². The normalized spacial score (nSPS) is 17.7. The van der Waals surface area contributed by atoms with Crippen LogP contribution in [0.3, 0.4) is 0 Å². The minimum atomic E-state index is -0.623. The summed E-state index contributed by atoms with van der Waals surface area (Å²) in [5.74, 6) is -0.283. The van der Waals surface area contributed by atoms with Crippen LogP contribution in [0.2, 0.25) is 0 Å². The molecule has 0 bridgehead atoms. The number of hydrogen-bond acceptors (Lipinski definition) is 6. The first kappa shape index (κ1) is 28.7. The van der Waals surface area contributed by atoms with E-state index >= 15 is 0 Å². The van der Waals surface area contributed by atoms with Crippen LogP contribution in [0.25, 0.3) is 28.0 Å². The average Bonchev–Trinajstić information content (AvgIpc) is 3.59. The van der Waals surface area contributed by atoms with E-state index in [1.807, 2.05) is 75.4 Å². The summed E-state index contributed by atoms with van der Waals surface area (Å²) in [7, 11) is 0. The van der Waals surface area contributed by atoms with E-state index in [1.54, 1.807) is 26.2 Å². The van der Waals surface area contributed by atoms with Crippen LogP contribution in [0.5, 0.6) is 0 Å². The zero-order valence-electron chi connectivity index (χ0n) is 24.8. The lowest BCUT2D eigenvalue weighted by Crippen LogP contribution is -2.39. The van der Waals surface area contributed by atoms with Crippen LogP contribution in [0.15, 0.2) is 71.5 Å². The van der Waals surface area contributed by atoms with Gasteiger partial charge in [-0.2, -0.15) is 0 Å². The van der Waals surface area contributed by atoms with Gasteiger partial charge in [-0.05, 0) is 75.4 Å². The second-order valence-electron chi connectivity index (χ2n) is 12.2. The van der Waals surface area contributed by atoms with E-state index in [4.69, 9.17) is 14.5 Å². The molecule has 1 atom stereocenters. The van der Waals surface area contributed by atoms with Crippen LogP contribution in [0.1, 0.15) is 56.6 Å². The number of ether oxygens (including phenoxy) is 2. The van der Waals surface area contributed by atoms with Crippen molar-refractivity contribution in [1.29, 1.82) is 0 Å². The number of likely N-dealkylation sites (tertiary alicyclic amines) is 1. The monoisotopic (exact) mass is 583 g/mol. The molecule has 6 rings (SSSR count). The van der Waals surface area contributed by atoms with Gasteiger partial charge in [0.25, 0.3) is 5.91 Å². The fourth-order valence-corrected chi connectivity index (χ4v) is 5.78. The van der Waals surface area contributed by atoms with E-state index in [2.05, 4.69) is 5.32 Å². The molecule has 0 saturated carbocycles. The number of amides is 2. The Morgan fingerprint density at radius 1 is 0.930 bits per heavy atom. The predicted molar refractivity (Wildman–Crippen MR) is 164 cm³/mol. The Bertz CT molecular complexity index is 1680. The van der Waals surface area contributed by atoms with Gasteiger partial charge in [0.1, 0.15) is 11.3 Å². The van der Waals surface area contributed by atoms with Gasteiger partial charge < -0.3 is 19.7 Å². The molecule has 10 heteroatoms. The quantitative estimate of drug-likeness (QED) is 0.357. The number of nitrogens with one attached hydrogen (secondary N) is 1. The highest BCUT2D eigenvalue weighted by Gasteiger charge is 2.34. The molecule has 2 saturated heterocycles. The molecular formula is C33H37N5O5. The Labute approximate surface area is 250 Å².